The van der Waals surface area contributed by atoms with Gasteiger partial charge in [-0.15, -0.1) is 0 Å². The van der Waals surface area contributed by atoms with E-state index in [1.54, 1.807) is 18.6 Å². The van der Waals surface area contributed by atoms with Crippen LogP contribution in [-0.2, 0) is 11.3 Å². The van der Waals surface area contributed by atoms with Crippen molar-refractivity contribution in [2.24, 2.45) is 5.92 Å². The second kappa shape index (κ2) is 6.08. The van der Waals surface area contributed by atoms with E-state index in [1.807, 2.05) is 22.9 Å². The summed E-state index contributed by atoms with van der Waals surface area (Å²) in [7, 11) is 0. The van der Waals surface area contributed by atoms with Crippen LogP contribution in [0.15, 0.2) is 36.9 Å². The number of benzene rings is 1. The van der Waals surface area contributed by atoms with Gasteiger partial charge in [-0.25, -0.2) is 4.98 Å². The van der Waals surface area contributed by atoms with Crippen LogP contribution in [0.3, 0.4) is 0 Å². The Balaban J connectivity index is 1.51. The molecule has 2 unspecified atom stereocenters. The fourth-order valence-corrected chi connectivity index (χ4v) is 3.04. The molecule has 0 radical (unpaired) electrons. The summed E-state index contributed by atoms with van der Waals surface area (Å²) in [4.78, 5) is 16.0. The third kappa shape index (κ3) is 3.57. The Kier molecular flexibility index (Phi) is 4.17. The lowest BCUT2D eigenvalue weighted by Gasteiger charge is -2.06. The molecule has 0 aliphatic heterocycles. The quantitative estimate of drug-likeness (QED) is 0.919. The molecule has 3 rings (SSSR count). The van der Waals surface area contributed by atoms with E-state index < -0.39 is 0 Å². The Bertz CT molecular complexity index is 622. The highest BCUT2D eigenvalue weighted by molar-refractivity contribution is 6.34. The van der Waals surface area contributed by atoms with E-state index in [0.29, 0.717) is 16.6 Å². The number of rotatable bonds is 5. The Hall–Kier alpha value is -1.52. The highest BCUT2D eigenvalue weighted by Crippen LogP contribution is 2.48. The Morgan fingerprint density at radius 2 is 2.10 bits per heavy atom. The van der Waals surface area contributed by atoms with Crippen molar-refractivity contribution in [2.45, 2.75) is 18.9 Å². The highest BCUT2D eigenvalue weighted by atomic mass is 35.5. The van der Waals surface area contributed by atoms with Crippen LogP contribution in [0.5, 0.6) is 0 Å². The lowest BCUT2D eigenvalue weighted by molar-refractivity contribution is -0.122. The monoisotopic (exact) mass is 323 g/mol. The van der Waals surface area contributed by atoms with Gasteiger partial charge in [0, 0.05) is 41.4 Å². The minimum atomic E-state index is 0.0299. The second-order valence-corrected chi connectivity index (χ2v) is 6.12. The van der Waals surface area contributed by atoms with Crippen LogP contribution in [-0.4, -0.2) is 22.0 Å². The average molecular weight is 324 g/mol. The van der Waals surface area contributed by atoms with Crippen molar-refractivity contribution in [1.82, 2.24) is 14.9 Å². The van der Waals surface area contributed by atoms with Gasteiger partial charge in [-0.1, -0.05) is 23.2 Å². The van der Waals surface area contributed by atoms with Crippen molar-refractivity contribution >= 4 is 29.1 Å². The summed E-state index contributed by atoms with van der Waals surface area (Å²) < 4.78 is 1.93. The van der Waals surface area contributed by atoms with Gasteiger partial charge in [0.1, 0.15) is 0 Å². The number of hydrogen-bond acceptors (Lipinski definition) is 2. The number of amides is 1. The lowest BCUT2D eigenvalue weighted by atomic mass is 10.1. The number of nitrogens with one attached hydrogen (secondary N) is 1. The van der Waals surface area contributed by atoms with E-state index in [4.69, 9.17) is 23.2 Å². The van der Waals surface area contributed by atoms with Gasteiger partial charge in [0.2, 0.25) is 5.91 Å². The topological polar surface area (TPSA) is 46.9 Å². The summed E-state index contributed by atoms with van der Waals surface area (Å²) in [5, 5.41) is 4.19. The van der Waals surface area contributed by atoms with E-state index in [-0.39, 0.29) is 17.7 Å². The van der Waals surface area contributed by atoms with Gasteiger partial charge in [-0.05, 0) is 36.1 Å². The van der Waals surface area contributed by atoms with Crippen molar-refractivity contribution in [1.29, 1.82) is 0 Å². The summed E-state index contributed by atoms with van der Waals surface area (Å²) in [5.41, 5.74) is 1.04. The maximum Gasteiger partial charge on any atom is 0.223 e. The van der Waals surface area contributed by atoms with E-state index in [1.165, 1.54) is 0 Å². The molecule has 1 aromatic carbocycles. The number of carbonyl (C=O) groups is 1. The smallest absolute Gasteiger partial charge is 0.223 e. The maximum atomic E-state index is 12.1. The van der Waals surface area contributed by atoms with Gasteiger partial charge < -0.3 is 9.88 Å². The maximum absolute atomic E-state index is 12.1. The molecular weight excluding hydrogens is 309 g/mol. The summed E-state index contributed by atoms with van der Waals surface area (Å²) in [6.07, 6.45) is 6.19. The van der Waals surface area contributed by atoms with E-state index in [2.05, 4.69) is 10.3 Å². The molecule has 21 heavy (non-hydrogen) atoms. The highest BCUT2D eigenvalue weighted by Gasteiger charge is 2.43. The van der Waals surface area contributed by atoms with Crippen molar-refractivity contribution in [2.75, 3.05) is 6.54 Å². The minimum absolute atomic E-state index is 0.0299. The zero-order valence-electron chi connectivity index (χ0n) is 11.3. The molecule has 1 aromatic heterocycles. The van der Waals surface area contributed by atoms with Crippen LogP contribution in [0.25, 0.3) is 0 Å². The van der Waals surface area contributed by atoms with Crippen LogP contribution < -0.4 is 5.32 Å². The molecule has 6 heteroatoms. The molecule has 1 amide bonds. The van der Waals surface area contributed by atoms with Crippen LogP contribution in [0, 0.1) is 5.92 Å². The number of imidazole rings is 1. The molecular formula is C15H15Cl2N3O. The van der Waals surface area contributed by atoms with E-state index >= 15 is 0 Å². The molecule has 1 heterocycles. The molecule has 110 valence electrons. The number of aromatic nitrogens is 2. The number of halogens is 2. The van der Waals surface area contributed by atoms with Crippen LogP contribution >= 0.6 is 23.2 Å². The predicted molar refractivity (Wildman–Crippen MR) is 82.5 cm³/mol. The van der Waals surface area contributed by atoms with Gasteiger partial charge in [0.05, 0.1) is 6.33 Å². The van der Waals surface area contributed by atoms with Crippen molar-refractivity contribution in [3.05, 3.63) is 52.5 Å². The molecule has 1 aliphatic carbocycles. The van der Waals surface area contributed by atoms with Crippen LogP contribution in [0.4, 0.5) is 0 Å². The Morgan fingerprint density at radius 1 is 1.33 bits per heavy atom. The third-order valence-corrected chi connectivity index (χ3v) is 4.11. The molecule has 1 N–H and O–H groups in total. The van der Waals surface area contributed by atoms with E-state index in [9.17, 15) is 4.79 Å². The minimum Gasteiger partial charge on any atom is -0.354 e. The molecule has 4 nitrogen and oxygen atoms in total. The third-order valence-electron chi connectivity index (χ3n) is 3.67. The second-order valence-electron chi connectivity index (χ2n) is 5.24. The fraction of sp³-hybridized carbons (Fsp3) is 0.333. The summed E-state index contributed by atoms with van der Waals surface area (Å²) in [6, 6.07) is 5.48. The molecule has 0 spiro atoms. The van der Waals surface area contributed by atoms with Gasteiger partial charge in [0.15, 0.2) is 0 Å². The Morgan fingerprint density at radius 3 is 2.76 bits per heavy atom. The molecule has 1 aliphatic rings. The van der Waals surface area contributed by atoms with E-state index in [0.717, 1.165) is 18.5 Å². The standard InChI is InChI=1S/C15H15Cl2N3O/c16-11-5-10(6-12(17)7-11)13-8-14(13)15(21)19-2-4-20-3-1-18-9-20/h1,3,5-7,9,13-14H,2,4,8H2,(H,19,21). The molecule has 0 saturated heterocycles. The first-order valence-corrected chi connectivity index (χ1v) is 7.58. The number of carbonyl (C=O) groups excluding carboxylic acids is 1. The van der Waals surface area contributed by atoms with Gasteiger partial charge in [-0.3, -0.25) is 4.79 Å². The van der Waals surface area contributed by atoms with Gasteiger partial charge >= 0.3 is 0 Å². The first-order valence-electron chi connectivity index (χ1n) is 6.83. The van der Waals surface area contributed by atoms with Crippen LogP contribution in [0.2, 0.25) is 10.0 Å². The average Bonchev–Trinajstić information content (AvgIpc) is 3.08. The first-order chi connectivity index (χ1) is 10.1. The number of hydrogen-bond donors (Lipinski definition) is 1. The Labute approximate surface area is 133 Å². The molecule has 2 atom stereocenters. The van der Waals surface area contributed by atoms with Gasteiger partial charge in [0.25, 0.3) is 0 Å². The summed E-state index contributed by atoms with van der Waals surface area (Å²) >= 11 is 12.0. The van der Waals surface area contributed by atoms with Crippen molar-refractivity contribution in [3.8, 4) is 0 Å². The zero-order chi connectivity index (χ0) is 14.8. The largest absolute Gasteiger partial charge is 0.354 e. The van der Waals surface area contributed by atoms with Crippen molar-refractivity contribution < 1.29 is 4.79 Å². The zero-order valence-corrected chi connectivity index (χ0v) is 12.8. The molecule has 1 saturated carbocycles. The first kappa shape index (κ1) is 14.4. The normalized spacial score (nSPS) is 20.3. The predicted octanol–water partition coefficient (Wildman–Crippen LogP) is 3.11. The summed E-state index contributed by atoms with van der Waals surface area (Å²) in [6.45, 7) is 1.33. The molecule has 1 fully saturated rings. The molecule has 2 aromatic rings. The SMILES string of the molecule is O=C(NCCn1ccnc1)C1CC1c1cc(Cl)cc(Cl)c1. The fourth-order valence-electron chi connectivity index (χ4n) is 2.50. The lowest BCUT2D eigenvalue weighted by Crippen LogP contribution is -2.28. The summed E-state index contributed by atoms with van der Waals surface area (Å²) in [5.74, 6) is 0.355. The molecule has 0 bridgehead atoms. The van der Waals surface area contributed by atoms with Crippen molar-refractivity contribution in [3.63, 3.8) is 0 Å². The van der Waals surface area contributed by atoms with Gasteiger partial charge in [-0.2, -0.15) is 0 Å². The number of nitrogens with zero attached hydrogens (tertiary/aromatic N) is 2. The van der Waals surface area contributed by atoms with Crippen LogP contribution in [0.1, 0.15) is 17.9 Å².